The molecule has 1 aliphatic carbocycles. The second-order valence-electron chi connectivity index (χ2n) is 6.41. The third-order valence-electron chi connectivity index (χ3n) is 4.70. The minimum absolute atomic E-state index is 0.694. The van der Waals surface area contributed by atoms with Gasteiger partial charge in [0.2, 0.25) is 0 Å². The van der Waals surface area contributed by atoms with E-state index in [1.54, 1.807) is 0 Å². The Bertz CT molecular complexity index is 600. The molecule has 0 amide bonds. The molecule has 21 heavy (non-hydrogen) atoms. The molecule has 4 nitrogen and oxygen atoms in total. The van der Waals surface area contributed by atoms with E-state index in [9.17, 15) is 0 Å². The molecule has 2 aromatic rings. The molecule has 0 bridgehead atoms. The largest absolute Gasteiger partial charge is 0.368 e. The van der Waals surface area contributed by atoms with E-state index in [1.807, 2.05) is 17.9 Å². The van der Waals surface area contributed by atoms with Crippen molar-refractivity contribution in [3.63, 3.8) is 0 Å². The molecule has 1 N–H and O–H groups in total. The summed E-state index contributed by atoms with van der Waals surface area (Å²) in [6.07, 6.45) is 5.34. The highest BCUT2D eigenvalue weighted by molar-refractivity contribution is 5.45. The van der Waals surface area contributed by atoms with Gasteiger partial charge in [-0.1, -0.05) is 30.3 Å². The molecule has 1 saturated heterocycles. The van der Waals surface area contributed by atoms with Gasteiger partial charge in [0.15, 0.2) is 0 Å². The summed E-state index contributed by atoms with van der Waals surface area (Å²) in [4.78, 5) is 2.40. The van der Waals surface area contributed by atoms with Crippen LogP contribution in [0.3, 0.4) is 0 Å². The summed E-state index contributed by atoms with van der Waals surface area (Å²) in [6.45, 7) is 3.45. The second kappa shape index (κ2) is 5.19. The third-order valence-corrected chi connectivity index (χ3v) is 4.70. The van der Waals surface area contributed by atoms with E-state index >= 15 is 0 Å². The lowest BCUT2D eigenvalue weighted by molar-refractivity contribution is 0.383. The summed E-state index contributed by atoms with van der Waals surface area (Å²) >= 11 is 0. The van der Waals surface area contributed by atoms with Gasteiger partial charge in [0.05, 0.1) is 11.9 Å². The number of anilines is 1. The summed E-state index contributed by atoms with van der Waals surface area (Å²) in [6, 6.07) is 11.6. The minimum Gasteiger partial charge on any atom is -0.368 e. The van der Waals surface area contributed by atoms with Gasteiger partial charge in [-0.3, -0.25) is 4.68 Å². The summed E-state index contributed by atoms with van der Waals surface area (Å²) < 4.78 is 1.87. The van der Waals surface area contributed by atoms with E-state index < -0.39 is 0 Å². The van der Waals surface area contributed by atoms with Crippen molar-refractivity contribution in [3.05, 3.63) is 48.3 Å². The lowest BCUT2D eigenvalue weighted by Gasteiger charge is -2.40. The molecule has 2 unspecified atom stereocenters. The number of aromatic nitrogens is 2. The first-order valence-electron chi connectivity index (χ1n) is 7.81. The molecule has 2 heterocycles. The van der Waals surface area contributed by atoms with Crippen LogP contribution in [0.25, 0.3) is 0 Å². The normalized spacial score (nSPS) is 24.9. The average Bonchev–Trinajstić information content (AvgIpc) is 3.12. The predicted octanol–water partition coefficient (Wildman–Crippen LogP) is 2.00. The standard InChI is InChI=1S/C17H22N4/c1-20-12-15(9-19-20)21-10-13(11-21)8-18-17-7-16(17)14-5-3-2-4-6-14/h2-6,9,12-13,16-18H,7-8,10-11H2,1H3. The molecule has 0 radical (unpaired) electrons. The molecule has 2 aliphatic rings. The molecule has 4 heteroatoms. The number of nitrogens with zero attached hydrogens (tertiary/aromatic N) is 3. The predicted molar refractivity (Wildman–Crippen MR) is 84.5 cm³/mol. The molecular formula is C17H22N4. The van der Waals surface area contributed by atoms with Crippen molar-refractivity contribution in [2.45, 2.75) is 18.4 Å². The van der Waals surface area contributed by atoms with Crippen molar-refractivity contribution in [2.75, 3.05) is 24.5 Å². The molecule has 110 valence electrons. The van der Waals surface area contributed by atoms with E-state index in [2.05, 4.69) is 51.8 Å². The fourth-order valence-electron chi connectivity index (χ4n) is 3.29. The Morgan fingerprint density at radius 1 is 1.24 bits per heavy atom. The molecule has 4 rings (SSSR count). The van der Waals surface area contributed by atoms with E-state index in [1.165, 1.54) is 17.7 Å². The molecular weight excluding hydrogens is 260 g/mol. The van der Waals surface area contributed by atoms with E-state index in [0.29, 0.717) is 6.04 Å². The van der Waals surface area contributed by atoms with Crippen LogP contribution in [0.15, 0.2) is 42.7 Å². The van der Waals surface area contributed by atoms with Crippen molar-refractivity contribution in [1.29, 1.82) is 0 Å². The third kappa shape index (κ3) is 2.68. The average molecular weight is 282 g/mol. The maximum Gasteiger partial charge on any atom is 0.0752 e. The smallest absolute Gasteiger partial charge is 0.0752 e. The fraction of sp³-hybridized carbons (Fsp3) is 0.471. The van der Waals surface area contributed by atoms with Gasteiger partial charge in [0.1, 0.15) is 0 Å². The maximum atomic E-state index is 4.23. The topological polar surface area (TPSA) is 33.1 Å². The highest BCUT2D eigenvalue weighted by atomic mass is 15.3. The van der Waals surface area contributed by atoms with Crippen LogP contribution in [0, 0.1) is 5.92 Å². The van der Waals surface area contributed by atoms with Gasteiger partial charge in [-0.25, -0.2) is 0 Å². The number of benzene rings is 1. The quantitative estimate of drug-likeness (QED) is 0.910. The van der Waals surface area contributed by atoms with Crippen LogP contribution < -0.4 is 10.2 Å². The van der Waals surface area contributed by atoms with Crippen LogP contribution in [0.1, 0.15) is 17.9 Å². The van der Waals surface area contributed by atoms with Crippen molar-refractivity contribution in [3.8, 4) is 0 Å². The van der Waals surface area contributed by atoms with Crippen LogP contribution in [0.2, 0.25) is 0 Å². The first-order chi connectivity index (χ1) is 10.3. The van der Waals surface area contributed by atoms with Crippen LogP contribution in [-0.4, -0.2) is 35.5 Å². The van der Waals surface area contributed by atoms with Crippen LogP contribution in [-0.2, 0) is 7.05 Å². The summed E-state index contributed by atoms with van der Waals surface area (Å²) in [5, 5.41) is 7.97. The van der Waals surface area contributed by atoms with Gasteiger partial charge >= 0.3 is 0 Å². The molecule has 1 aromatic heterocycles. The fourth-order valence-corrected chi connectivity index (χ4v) is 3.29. The minimum atomic E-state index is 0.694. The summed E-state index contributed by atoms with van der Waals surface area (Å²) in [7, 11) is 1.97. The van der Waals surface area contributed by atoms with E-state index in [-0.39, 0.29) is 0 Å². The molecule has 0 spiro atoms. The van der Waals surface area contributed by atoms with Gasteiger partial charge in [0.25, 0.3) is 0 Å². The summed E-state index contributed by atoms with van der Waals surface area (Å²) in [5.41, 5.74) is 2.74. The molecule has 1 aromatic carbocycles. The van der Waals surface area contributed by atoms with Crippen molar-refractivity contribution in [2.24, 2.45) is 13.0 Å². The van der Waals surface area contributed by atoms with Crippen molar-refractivity contribution < 1.29 is 0 Å². The number of hydrogen-bond donors (Lipinski definition) is 1. The van der Waals surface area contributed by atoms with E-state index in [0.717, 1.165) is 31.5 Å². The van der Waals surface area contributed by atoms with Gasteiger partial charge in [-0.2, -0.15) is 5.10 Å². The highest BCUT2D eigenvalue weighted by Gasteiger charge is 2.39. The van der Waals surface area contributed by atoms with E-state index in [4.69, 9.17) is 0 Å². The van der Waals surface area contributed by atoms with Crippen molar-refractivity contribution >= 4 is 5.69 Å². The monoisotopic (exact) mass is 282 g/mol. The van der Waals surface area contributed by atoms with Gasteiger partial charge in [-0.05, 0) is 12.0 Å². The Morgan fingerprint density at radius 2 is 2.05 bits per heavy atom. The maximum absolute atomic E-state index is 4.23. The molecule has 1 aliphatic heterocycles. The van der Waals surface area contributed by atoms with Crippen LogP contribution in [0.5, 0.6) is 0 Å². The Hall–Kier alpha value is -1.81. The van der Waals surface area contributed by atoms with Crippen LogP contribution in [0.4, 0.5) is 5.69 Å². The first kappa shape index (κ1) is 12.9. The Balaban J connectivity index is 1.20. The van der Waals surface area contributed by atoms with Crippen LogP contribution >= 0.6 is 0 Å². The number of aryl methyl sites for hydroxylation is 1. The Labute approximate surface area is 125 Å². The zero-order valence-corrected chi connectivity index (χ0v) is 12.4. The number of rotatable bonds is 5. The Morgan fingerprint density at radius 3 is 2.76 bits per heavy atom. The first-order valence-corrected chi connectivity index (χ1v) is 7.81. The SMILES string of the molecule is Cn1cc(N2CC(CNC3CC3c3ccccc3)C2)cn1. The molecule has 2 atom stereocenters. The zero-order chi connectivity index (χ0) is 14.2. The number of nitrogens with one attached hydrogen (secondary N) is 1. The van der Waals surface area contributed by atoms with Crippen molar-refractivity contribution in [1.82, 2.24) is 15.1 Å². The van der Waals surface area contributed by atoms with Gasteiger partial charge in [-0.15, -0.1) is 0 Å². The van der Waals surface area contributed by atoms with Gasteiger partial charge in [0, 0.05) is 50.8 Å². The molecule has 1 saturated carbocycles. The Kier molecular flexibility index (Phi) is 3.19. The highest BCUT2D eigenvalue weighted by Crippen LogP contribution is 2.40. The number of hydrogen-bond acceptors (Lipinski definition) is 3. The lowest BCUT2D eigenvalue weighted by atomic mass is 10.00. The van der Waals surface area contributed by atoms with Gasteiger partial charge < -0.3 is 10.2 Å². The zero-order valence-electron chi connectivity index (χ0n) is 12.4. The summed E-state index contributed by atoms with van der Waals surface area (Å²) in [5.74, 6) is 1.52. The lowest BCUT2D eigenvalue weighted by Crippen LogP contribution is -2.51. The second-order valence-corrected chi connectivity index (χ2v) is 6.41. The molecule has 2 fully saturated rings.